The molecule has 8 heteroatoms. The second-order valence-electron chi connectivity index (χ2n) is 4.46. The summed E-state index contributed by atoms with van der Waals surface area (Å²) in [5.41, 5.74) is 0. The first kappa shape index (κ1) is 16.0. The van der Waals surface area contributed by atoms with E-state index in [2.05, 4.69) is 14.0 Å². The zero-order chi connectivity index (χ0) is 13.2. The molecule has 1 saturated heterocycles. The van der Waals surface area contributed by atoms with Crippen molar-refractivity contribution >= 4 is 7.81 Å². The van der Waals surface area contributed by atoms with Gasteiger partial charge in [0.1, 0.15) is 0 Å². The number of rotatable bonds is 2. The van der Waals surface area contributed by atoms with E-state index in [0.717, 1.165) is 0 Å². The van der Waals surface area contributed by atoms with Gasteiger partial charge >= 0.3 is 33.0 Å². The van der Waals surface area contributed by atoms with E-state index in [4.69, 9.17) is 0 Å². The first-order valence-electron chi connectivity index (χ1n) is 5.12. The number of halogens is 6. The van der Waals surface area contributed by atoms with Crippen LogP contribution in [0.15, 0.2) is 0 Å². The molecule has 0 bridgehead atoms. The zero-order valence-corrected chi connectivity index (χ0v) is 10.3. The topological polar surface area (TPSA) is 0 Å². The molecule has 0 aromatic rings. The van der Waals surface area contributed by atoms with Gasteiger partial charge in [-0.3, -0.25) is 0 Å². The third-order valence-electron chi connectivity index (χ3n) is 2.41. The Kier molecular flexibility index (Phi) is 4.01. The summed E-state index contributed by atoms with van der Waals surface area (Å²) >= 11 is 0. The SMILES string of the molecule is CCC[N+]1(C)CCCC1.F[P-](F)(F)(F)(F)F. The fraction of sp³-hybridized carbons (Fsp3) is 1.00. The van der Waals surface area contributed by atoms with Crippen molar-refractivity contribution in [1.29, 1.82) is 0 Å². The van der Waals surface area contributed by atoms with Gasteiger partial charge in [0, 0.05) is 12.8 Å². The number of likely N-dealkylation sites (tertiary alicyclic amines) is 1. The number of hydrogen-bond acceptors (Lipinski definition) is 0. The predicted molar refractivity (Wildman–Crippen MR) is 53.9 cm³/mol. The van der Waals surface area contributed by atoms with Crippen LogP contribution in [-0.4, -0.2) is 31.2 Å². The van der Waals surface area contributed by atoms with Crippen LogP contribution >= 0.6 is 7.81 Å². The van der Waals surface area contributed by atoms with Gasteiger partial charge in [-0.05, 0) is 6.42 Å². The Balaban J connectivity index is 0.000000293. The summed E-state index contributed by atoms with van der Waals surface area (Å²) in [6, 6.07) is 0. The molecule has 102 valence electrons. The van der Waals surface area contributed by atoms with Crippen LogP contribution in [0, 0.1) is 0 Å². The average Bonchev–Trinajstić information content (AvgIpc) is 2.29. The molecule has 0 radical (unpaired) electrons. The molecule has 0 amide bonds. The quantitative estimate of drug-likeness (QED) is 0.376. The van der Waals surface area contributed by atoms with Crippen LogP contribution in [0.25, 0.3) is 0 Å². The van der Waals surface area contributed by atoms with Crippen LogP contribution in [0.5, 0.6) is 0 Å². The molecule has 0 saturated carbocycles. The molecule has 16 heavy (non-hydrogen) atoms. The van der Waals surface area contributed by atoms with Crippen molar-refractivity contribution in [3.05, 3.63) is 0 Å². The van der Waals surface area contributed by atoms with Gasteiger partial charge in [-0.2, -0.15) is 0 Å². The van der Waals surface area contributed by atoms with E-state index in [0.29, 0.717) is 0 Å². The van der Waals surface area contributed by atoms with E-state index in [9.17, 15) is 25.2 Å². The van der Waals surface area contributed by atoms with Crippen LogP contribution in [0.4, 0.5) is 25.2 Å². The Hall–Kier alpha value is -0.0300. The third-order valence-corrected chi connectivity index (χ3v) is 2.41. The zero-order valence-electron chi connectivity index (χ0n) is 9.40. The van der Waals surface area contributed by atoms with Crippen molar-refractivity contribution in [2.45, 2.75) is 26.2 Å². The van der Waals surface area contributed by atoms with Crippen molar-refractivity contribution in [2.75, 3.05) is 26.7 Å². The van der Waals surface area contributed by atoms with Gasteiger partial charge in [0.2, 0.25) is 0 Å². The number of hydrogen-bond donors (Lipinski definition) is 0. The Labute approximate surface area is 91.2 Å². The van der Waals surface area contributed by atoms with Gasteiger partial charge in [0.05, 0.1) is 26.7 Å². The first-order chi connectivity index (χ1) is 6.72. The van der Waals surface area contributed by atoms with Gasteiger partial charge in [-0.1, -0.05) is 6.92 Å². The molecule has 0 aromatic carbocycles. The molecular weight excluding hydrogens is 255 g/mol. The molecule has 1 aliphatic rings. The molecule has 0 aliphatic carbocycles. The van der Waals surface area contributed by atoms with Gasteiger partial charge in [-0.25, -0.2) is 0 Å². The van der Waals surface area contributed by atoms with E-state index >= 15 is 0 Å². The average molecular weight is 273 g/mol. The van der Waals surface area contributed by atoms with Crippen molar-refractivity contribution < 1.29 is 29.7 Å². The summed E-state index contributed by atoms with van der Waals surface area (Å²) in [5, 5.41) is 0. The van der Waals surface area contributed by atoms with E-state index in [1.807, 2.05) is 0 Å². The summed E-state index contributed by atoms with van der Waals surface area (Å²) in [5.74, 6) is 0. The van der Waals surface area contributed by atoms with Gasteiger partial charge in [-0.15, -0.1) is 0 Å². The van der Waals surface area contributed by atoms with Crippen molar-refractivity contribution in [2.24, 2.45) is 0 Å². The third kappa shape index (κ3) is 14.0. The maximum absolute atomic E-state index is 10.7. The summed E-state index contributed by atoms with van der Waals surface area (Å²) in [4.78, 5) is 0. The molecular formula is C8H18F6NP. The maximum atomic E-state index is 9.87. The van der Waals surface area contributed by atoms with E-state index < -0.39 is 7.81 Å². The fourth-order valence-corrected chi connectivity index (χ4v) is 1.86. The molecule has 1 nitrogen and oxygen atoms in total. The summed E-state index contributed by atoms with van der Waals surface area (Å²) < 4.78 is 60.5. The Morgan fingerprint density at radius 2 is 1.25 bits per heavy atom. The monoisotopic (exact) mass is 273 g/mol. The summed E-state index contributed by atoms with van der Waals surface area (Å²) in [7, 11) is -8.27. The van der Waals surface area contributed by atoms with Crippen molar-refractivity contribution in [1.82, 2.24) is 0 Å². The molecule has 1 rings (SSSR count). The molecule has 0 N–H and O–H groups in total. The molecule has 1 fully saturated rings. The van der Waals surface area contributed by atoms with Crippen molar-refractivity contribution in [3.63, 3.8) is 0 Å². The van der Waals surface area contributed by atoms with Gasteiger partial charge in [0.25, 0.3) is 0 Å². The standard InChI is InChI=1S/C8H18N.F6P/c1-3-6-9(2)7-4-5-8-9;1-7(2,3,4,5)6/h3-8H2,1-2H3;/q+1;-1. The second-order valence-corrected chi connectivity index (χ2v) is 6.37. The second kappa shape index (κ2) is 4.02. The van der Waals surface area contributed by atoms with Crippen LogP contribution in [0.1, 0.15) is 26.2 Å². The molecule has 0 unspecified atom stereocenters. The fourth-order valence-electron chi connectivity index (χ4n) is 1.86. The number of nitrogens with zero attached hydrogens (tertiary/aromatic N) is 1. The van der Waals surface area contributed by atoms with Crippen molar-refractivity contribution in [3.8, 4) is 0 Å². The molecule has 0 aromatic heterocycles. The van der Waals surface area contributed by atoms with Gasteiger partial charge < -0.3 is 4.48 Å². The normalized spacial score (nSPS) is 24.0. The Morgan fingerprint density at radius 3 is 1.50 bits per heavy atom. The Morgan fingerprint density at radius 1 is 0.938 bits per heavy atom. The first-order valence-corrected chi connectivity index (χ1v) is 7.15. The molecule has 1 aliphatic heterocycles. The van der Waals surface area contributed by atoms with Crippen LogP contribution in [-0.2, 0) is 0 Å². The minimum absolute atomic E-state index is 1.34. The summed E-state index contributed by atoms with van der Waals surface area (Å²) in [6.45, 7) is 6.52. The van der Waals surface area contributed by atoms with Gasteiger partial charge in [0.15, 0.2) is 0 Å². The Bertz CT molecular complexity index is 215. The predicted octanol–water partition coefficient (Wildman–Crippen LogP) is 5.02. The summed E-state index contributed by atoms with van der Waals surface area (Å²) in [6.07, 6.45) is 4.25. The van der Waals surface area contributed by atoms with Crippen LogP contribution in [0.2, 0.25) is 0 Å². The molecule has 0 spiro atoms. The minimum atomic E-state index is -10.7. The molecule has 0 atom stereocenters. The van der Waals surface area contributed by atoms with E-state index in [1.165, 1.54) is 43.4 Å². The van der Waals surface area contributed by atoms with Crippen LogP contribution in [0.3, 0.4) is 0 Å². The van der Waals surface area contributed by atoms with E-state index in [1.54, 1.807) is 0 Å². The number of quaternary nitrogens is 1. The van der Waals surface area contributed by atoms with E-state index in [-0.39, 0.29) is 0 Å². The van der Waals surface area contributed by atoms with Crippen LogP contribution < -0.4 is 0 Å². The molecule has 1 heterocycles.